The summed E-state index contributed by atoms with van der Waals surface area (Å²) >= 11 is 3.01. The van der Waals surface area contributed by atoms with Crippen LogP contribution in [0.25, 0.3) is 10.9 Å². The third-order valence-electron chi connectivity index (χ3n) is 6.04. The minimum Gasteiger partial charge on any atom is -0.462 e. The smallest absolute Gasteiger partial charge is 0.341 e. The summed E-state index contributed by atoms with van der Waals surface area (Å²) in [5, 5.41) is 5.37. The maximum absolute atomic E-state index is 13.3. The van der Waals surface area contributed by atoms with Crippen LogP contribution in [0.2, 0.25) is 0 Å². The van der Waals surface area contributed by atoms with E-state index >= 15 is 0 Å². The third kappa shape index (κ3) is 4.94. The Morgan fingerprint density at radius 2 is 1.97 bits per heavy atom. The summed E-state index contributed by atoms with van der Waals surface area (Å²) in [7, 11) is 0. The van der Waals surface area contributed by atoms with E-state index in [9.17, 15) is 9.59 Å². The number of hydrogen-bond donors (Lipinski definition) is 1. The van der Waals surface area contributed by atoms with Crippen molar-refractivity contribution in [3.05, 3.63) is 51.4 Å². The number of amides is 1. The van der Waals surface area contributed by atoms with Gasteiger partial charge in [0.25, 0.3) is 0 Å². The van der Waals surface area contributed by atoms with Crippen molar-refractivity contribution >= 4 is 50.9 Å². The summed E-state index contributed by atoms with van der Waals surface area (Å²) in [6, 6.07) is 8.24. The third-order valence-corrected chi connectivity index (χ3v) is 8.53. The van der Waals surface area contributed by atoms with E-state index in [1.54, 1.807) is 6.92 Å². The van der Waals surface area contributed by atoms with Crippen LogP contribution >= 0.6 is 23.1 Å². The molecule has 7 heteroatoms. The summed E-state index contributed by atoms with van der Waals surface area (Å²) in [5.41, 5.74) is 4.87. The van der Waals surface area contributed by atoms with Gasteiger partial charge in [-0.1, -0.05) is 36.9 Å². The second-order valence-electron chi connectivity index (χ2n) is 8.39. The van der Waals surface area contributed by atoms with E-state index in [-0.39, 0.29) is 17.1 Å². The first-order valence-electron chi connectivity index (χ1n) is 11.6. The van der Waals surface area contributed by atoms with E-state index in [1.807, 2.05) is 13.0 Å². The van der Waals surface area contributed by atoms with Gasteiger partial charge in [0.05, 0.1) is 28.0 Å². The second kappa shape index (κ2) is 10.3. The molecule has 0 fully saturated rings. The van der Waals surface area contributed by atoms with Crippen LogP contribution in [0.15, 0.2) is 29.3 Å². The van der Waals surface area contributed by atoms with Gasteiger partial charge in [0.1, 0.15) is 5.00 Å². The van der Waals surface area contributed by atoms with Gasteiger partial charge in [-0.2, -0.15) is 0 Å². The van der Waals surface area contributed by atoms with Gasteiger partial charge in [0, 0.05) is 10.3 Å². The number of nitrogens with one attached hydrogen (secondary N) is 1. The first-order chi connectivity index (χ1) is 15.9. The molecule has 3 aromatic rings. The predicted molar refractivity (Wildman–Crippen MR) is 137 cm³/mol. The van der Waals surface area contributed by atoms with Gasteiger partial charge in [0.2, 0.25) is 5.91 Å². The number of para-hydroxylation sites is 1. The number of anilines is 1. The zero-order valence-electron chi connectivity index (χ0n) is 19.6. The maximum atomic E-state index is 13.3. The average Bonchev–Trinajstić information content (AvgIpc) is 3.16. The van der Waals surface area contributed by atoms with Crippen LogP contribution in [0.4, 0.5) is 5.00 Å². The van der Waals surface area contributed by atoms with Gasteiger partial charge < -0.3 is 10.1 Å². The highest BCUT2D eigenvalue weighted by atomic mass is 32.2. The molecule has 2 heterocycles. The van der Waals surface area contributed by atoms with Crippen molar-refractivity contribution in [1.82, 2.24) is 4.98 Å². The van der Waals surface area contributed by atoms with Gasteiger partial charge in [-0.25, -0.2) is 9.78 Å². The lowest BCUT2D eigenvalue weighted by atomic mass is 9.95. The van der Waals surface area contributed by atoms with Gasteiger partial charge in [0.15, 0.2) is 0 Å². The summed E-state index contributed by atoms with van der Waals surface area (Å²) in [5.74, 6) is -0.439. The van der Waals surface area contributed by atoms with Crippen molar-refractivity contribution in [2.75, 3.05) is 11.9 Å². The Morgan fingerprint density at radius 1 is 1.18 bits per heavy atom. The normalized spacial score (nSPS) is 14.1. The first-order valence-corrected chi connectivity index (χ1v) is 13.3. The predicted octanol–water partition coefficient (Wildman–Crippen LogP) is 6.48. The number of hydrogen-bond acceptors (Lipinski definition) is 6. The number of nitrogens with zero attached hydrogens (tertiary/aromatic N) is 1. The maximum Gasteiger partial charge on any atom is 0.341 e. The quantitative estimate of drug-likeness (QED) is 0.308. The van der Waals surface area contributed by atoms with E-state index in [2.05, 4.69) is 37.4 Å². The fraction of sp³-hybridized carbons (Fsp3) is 0.423. The van der Waals surface area contributed by atoms with E-state index in [0.717, 1.165) is 58.3 Å². The highest BCUT2D eigenvalue weighted by molar-refractivity contribution is 8.00. The van der Waals surface area contributed by atoms with E-state index < -0.39 is 0 Å². The molecule has 1 atom stereocenters. The molecule has 0 saturated heterocycles. The molecule has 1 N–H and O–H groups in total. The lowest BCUT2D eigenvalue weighted by Crippen LogP contribution is -2.25. The van der Waals surface area contributed by atoms with Crippen LogP contribution in [-0.2, 0) is 22.4 Å². The summed E-state index contributed by atoms with van der Waals surface area (Å²) in [6.45, 7) is 8.26. The number of aryl methyl sites for hydroxylation is 3. The first kappa shape index (κ1) is 23.8. The number of thioether (sulfide) groups is 1. The molecule has 1 aliphatic carbocycles. The molecule has 0 bridgehead atoms. The number of benzene rings is 1. The molecule has 0 spiro atoms. The van der Waals surface area contributed by atoms with Crippen LogP contribution < -0.4 is 5.32 Å². The molecule has 0 saturated carbocycles. The SMILES string of the molecule is CCOC(=O)c1c(NC(=O)C(CC)Sc2cc(C)c3cccc(C)c3n2)sc2c1CCCC2. The number of carbonyl (C=O) groups excluding carboxylic acids is 2. The Bertz CT molecular complexity index is 1200. The van der Waals surface area contributed by atoms with Crippen molar-refractivity contribution in [1.29, 1.82) is 0 Å². The number of aromatic nitrogens is 1. The van der Waals surface area contributed by atoms with Crippen molar-refractivity contribution in [3.8, 4) is 0 Å². The van der Waals surface area contributed by atoms with E-state index in [1.165, 1.54) is 28.0 Å². The highest BCUT2D eigenvalue weighted by Gasteiger charge is 2.29. The van der Waals surface area contributed by atoms with Crippen LogP contribution in [0.5, 0.6) is 0 Å². The largest absolute Gasteiger partial charge is 0.462 e. The number of esters is 1. The summed E-state index contributed by atoms with van der Waals surface area (Å²) in [4.78, 5) is 32.1. The second-order valence-corrected chi connectivity index (χ2v) is 10.7. The van der Waals surface area contributed by atoms with Gasteiger partial charge in [-0.05, 0) is 75.6 Å². The molecule has 2 aromatic heterocycles. The highest BCUT2D eigenvalue weighted by Crippen LogP contribution is 2.39. The molecule has 1 amide bonds. The zero-order chi connectivity index (χ0) is 23.5. The van der Waals surface area contributed by atoms with Gasteiger partial charge >= 0.3 is 5.97 Å². The molecule has 1 aromatic carbocycles. The monoisotopic (exact) mass is 482 g/mol. The Kier molecular flexibility index (Phi) is 7.39. The van der Waals surface area contributed by atoms with Crippen LogP contribution in [0.1, 0.15) is 65.0 Å². The number of carbonyl (C=O) groups is 2. The van der Waals surface area contributed by atoms with Crippen LogP contribution in [0, 0.1) is 13.8 Å². The van der Waals surface area contributed by atoms with Crippen molar-refractivity contribution in [2.45, 2.75) is 70.1 Å². The number of thiophene rings is 1. The lowest BCUT2D eigenvalue weighted by molar-refractivity contribution is -0.115. The fourth-order valence-electron chi connectivity index (χ4n) is 4.32. The minimum absolute atomic E-state index is 0.101. The summed E-state index contributed by atoms with van der Waals surface area (Å²) < 4.78 is 5.32. The van der Waals surface area contributed by atoms with E-state index in [0.29, 0.717) is 23.6 Å². The molecule has 174 valence electrons. The molecule has 4 rings (SSSR count). The lowest BCUT2D eigenvalue weighted by Gasteiger charge is -2.16. The fourth-order valence-corrected chi connectivity index (χ4v) is 6.62. The Balaban J connectivity index is 1.59. The number of pyridine rings is 1. The molecular weight excluding hydrogens is 452 g/mol. The molecule has 1 aliphatic rings. The molecule has 33 heavy (non-hydrogen) atoms. The molecular formula is C26H30N2O3S2. The summed E-state index contributed by atoms with van der Waals surface area (Å²) in [6.07, 6.45) is 4.64. The topological polar surface area (TPSA) is 68.3 Å². The van der Waals surface area contributed by atoms with Crippen molar-refractivity contribution in [2.24, 2.45) is 0 Å². The molecule has 0 radical (unpaired) electrons. The van der Waals surface area contributed by atoms with Crippen molar-refractivity contribution in [3.63, 3.8) is 0 Å². The Morgan fingerprint density at radius 3 is 2.73 bits per heavy atom. The van der Waals surface area contributed by atoms with Gasteiger partial charge in [-0.15, -0.1) is 11.3 Å². The van der Waals surface area contributed by atoms with Crippen LogP contribution in [0.3, 0.4) is 0 Å². The number of ether oxygens (including phenoxy) is 1. The standard InChI is InChI=1S/C26H30N2O3S2/c1-5-19(32-21-14-16(4)17-12-9-10-15(3)23(17)27-21)24(29)28-25-22(26(30)31-6-2)18-11-7-8-13-20(18)33-25/h9-10,12,14,19H,5-8,11,13H2,1-4H3,(H,28,29). The number of fused-ring (bicyclic) bond motifs is 2. The van der Waals surface area contributed by atoms with Crippen LogP contribution in [-0.4, -0.2) is 28.7 Å². The van der Waals surface area contributed by atoms with Gasteiger partial charge in [-0.3, -0.25) is 4.79 Å². The van der Waals surface area contributed by atoms with Crippen molar-refractivity contribution < 1.29 is 14.3 Å². The average molecular weight is 483 g/mol. The molecule has 0 aliphatic heterocycles. The zero-order valence-corrected chi connectivity index (χ0v) is 21.3. The Hall–Kier alpha value is -2.38. The minimum atomic E-state index is -0.338. The Labute approximate surface area is 203 Å². The van der Waals surface area contributed by atoms with E-state index in [4.69, 9.17) is 9.72 Å². The molecule has 5 nitrogen and oxygen atoms in total. The molecule has 1 unspecified atom stereocenters. The number of rotatable bonds is 7.